The van der Waals surface area contributed by atoms with Crippen molar-refractivity contribution < 1.29 is 9.53 Å². The second kappa shape index (κ2) is 11.7. The number of aromatic nitrogens is 2. The zero-order valence-electron chi connectivity index (χ0n) is 22.1. The fourth-order valence-corrected chi connectivity index (χ4v) is 4.57. The Hall–Kier alpha value is -4.48. The molecule has 0 radical (unpaired) electrons. The van der Waals surface area contributed by atoms with Crippen molar-refractivity contribution in [1.82, 2.24) is 14.5 Å². The third-order valence-electron chi connectivity index (χ3n) is 6.49. The van der Waals surface area contributed by atoms with E-state index in [0.717, 1.165) is 16.8 Å². The van der Waals surface area contributed by atoms with Crippen LogP contribution in [0.5, 0.6) is 0 Å². The number of amides is 2. The molecule has 0 aliphatic heterocycles. The number of carbonyl (C=O) groups excluding carboxylic acids is 1. The van der Waals surface area contributed by atoms with E-state index in [1.165, 1.54) is 0 Å². The average Bonchev–Trinajstić information content (AvgIpc) is 2.91. The number of hydrogen-bond donors (Lipinski definition) is 1. The van der Waals surface area contributed by atoms with E-state index in [1.54, 1.807) is 46.9 Å². The van der Waals surface area contributed by atoms with Crippen LogP contribution in [0.3, 0.4) is 0 Å². The molecule has 0 saturated heterocycles. The Kier molecular flexibility index (Phi) is 8.19. The van der Waals surface area contributed by atoms with Crippen molar-refractivity contribution in [2.75, 3.05) is 25.6 Å². The molecule has 0 bridgehead atoms. The number of para-hydroxylation sites is 1. The molecular formula is C30H31N5O3. The molecule has 1 N–H and O–H groups in total. The van der Waals surface area contributed by atoms with Crippen molar-refractivity contribution in [2.24, 2.45) is 0 Å². The highest BCUT2D eigenvalue weighted by atomic mass is 16.5. The minimum atomic E-state index is -0.566. The predicted octanol–water partition coefficient (Wildman–Crippen LogP) is 5.51. The highest BCUT2D eigenvalue weighted by Crippen LogP contribution is 2.26. The van der Waals surface area contributed by atoms with E-state index in [-0.39, 0.29) is 11.6 Å². The summed E-state index contributed by atoms with van der Waals surface area (Å²) in [5.74, 6) is 0.457. The first-order chi connectivity index (χ1) is 18.3. The molecule has 1 atom stereocenters. The fraction of sp³-hybridized carbons (Fsp3) is 0.267. The third-order valence-corrected chi connectivity index (χ3v) is 6.49. The van der Waals surface area contributed by atoms with Gasteiger partial charge in [-0.3, -0.25) is 9.36 Å². The second-order valence-electron chi connectivity index (χ2n) is 9.26. The molecule has 1 unspecified atom stereocenters. The molecule has 8 nitrogen and oxygen atoms in total. The van der Waals surface area contributed by atoms with Gasteiger partial charge in [-0.05, 0) is 69.2 Å². The van der Waals surface area contributed by atoms with E-state index in [4.69, 9.17) is 9.72 Å². The topological polar surface area (TPSA) is 100 Å². The number of aryl methyl sites for hydroxylation is 2. The van der Waals surface area contributed by atoms with Crippen LogP contribution in [0.4, 0.5) is 10.5 Å². The Morgan fingerprint density at radius 2 is 1.92 bits per heavy atom. The van der Waals surface area contributed by atoms with Crippen molar-refractivity contribution in [3.63, 3.8) is 0 Å². The third kappa shape index (κ3) is 5.58. The number of fused-ring (bicyclic) bond motifs is 1. The zero-order chi connectivity index (χ0) is 27.2. The first kappa shape index (κ1) is 26.6. The monoisotopic (exact) mass is 509 g/mol. The van der Waals surface area contributed by atoms with Gasteiger partial charge in [0.05, 0.1) is 34.3 Å². The summed E-state index contributed by atoms with van der Waals surface area (Å²) in [5.41, 5.74) is 4.07. The number of carbonyl (C=O) groups is 1. The van der Waals surface area contributed by atoms with Crippen LogP contribution in [-0.2, 0) is 4.74 Å². The van der Waals surface area contributed by atoms with E-state index in [0.29, 0.717) is 47.6 Å². The number of urea groups is 1. The molecule has 4 rings (SSSR count). The van der Waals surface area contributed by atoms with Crippen LogP contribution in [0.1, 0.15) is 41.9 Å². The molecule has 0 fully saturated rings. The van der Waals surface area contributed by atoms with Crippen LogP contribution < -0.4 is 10.9 Å². The van der Waals surface area contributed by atoms with Gasteiger partial charge >= 0.3 is 6.03 Å². The van der Waals surface area contributed by atoms with Gasteiger partial charge in [0.15, 0.2) is 0 Å². The highest BCUT2D eigenvalue weighted by molar-refractivity contribution is 5.90. The smallest absolute Gasteiger partial charge is 0.322 e. The van der Waals surface area contributed by atoms with Crippen molar-refractivity contribution in [2.45, 2.75) is 33.2 Å². The molecule has 0 spiro atoms. The van der Waals surface area contributed by atoms with Gasteiger partial charge in [0.25, 0.3) is 5.56 Å². The van der Waals surface area contributed by atoms with Gasteiger partial charge in [-0.25, -0.2) is 9.78 Å². The van der Waals surface area contributed by atoms with Crippen LogP contribution in [0, 0.1) is 25.2 Å². The van der Waals surface area contributed by atoms with Crippen molar-refractivity contribution in [1.29, 1.82) is 5.26 Å². The molecule has 0 aliphatic carbocycles. The van der Waals surface area contributed by atoms with Crippen molar-refractivity contribution in [3.05, 3.63) is 99.6 Å². The number of nitriles is 1. The summed E-state index contributed by atoms with van der Waals surface area (Å²) in [7, 11) is 1.62. The maximum Gasteiger partial charge on any atom is 0.322 e. The minimum absolute atomic E-state index is 0.191. The van der Waals surface area contributed by atoms with E-state index < -0.39 is 6.04 Å². The molecule has 0 aliphatic rings. The number of methoxy groups -OCH3 is 1. The minimum Gasteiger partial charge on any atom is -0.385 e. The van der Waals surface area contributed by atoms with Crippen molar-refractivity contribution in [3.8, 4) is 11.8 Å². The fourth-order valence-electron chi connectivity index (χ4n) is 4.57. The van der Waals surface area contributed by atoms with Gasteiger partial charge < -0.3 is 15.0 Å². The van der Waals surface area contributed by atoms with Gasteiger partial charge in [0, 0.05) is 25.9 Å². The summed E-state index contributed by atoms with van der Waals surface area (Å²) in [4.78, 5) is 34.0. The average molecular weight is 510 g/mol. The lowest BCUT2D eigenvalue weighted by Gasteiger charge is -2.31. The largest absolute Gasteiger partial charge is 0.385 e. The normalized spacial score (nSPS) is 11.7. The summed E-state index contributed by atoms with van der Waals surface area (Å²) in [6, 6.07) is 21.1. The molecule has 3 aromatic carbocycles. The number of anilines is 1. The maximum atomic E-state index is 13.9. The summed E-state index contributed by atoms with van der Waals surface area (Å²) in [6.45, 7) is 6.67. The van der Waals surface area contributed by atoms with Crippen LogP contribution in [0.15, 0.2) is 71.5 Å². The van der Waals surface area contributed by atoms with Crippen LogP contribution in [0.25, 0.3) is 16.6 Å². The molecular weight excluding hydrogens is 478 g/mol. The van der Waals surface area contributed by atoms with Crippen LogP contribution in [0.2, 0.25) is 0 Å². The summed E-state index contributed by atoms with van der Waals surface area (Å²) in [5, 5.41) is 12.7. The van der Waals surface area contributed by atoms with Gasteiger partial charge in [0.2, 0.25) is 0 Å². The van der Waals surface area contributed by atoms with Gasteiger partial charge in [-0.1, -0.05) is 35.9 Å². The quantitative estimate of drug-likeness (QED) is 0.316. The maximum absolute atomic E-state index is 13.9. The molecule has 1 heterocycles. The molecule has 8 heteroatoms. The SMILES string of the molecule is COCCCN(C(=O)Nc1cccc(C#N)c1)C(C)c1nc2ccccc2c(=O)n1-c1ccc(C)cc1C. The Labute approximate surface area is 222 Å². The van der Waals surface area contributed by atoms with E-state index in [2.05, 4.69) is 11.4 Å². The van der Waals surface area contributed by atoms with E-state index >= 15 is 0 Å². The Balaban J connectivity index is 1.84. The molecule has 194 valence electrons. The number of nitrogens with one attached hydrogen (secondary N) is 1. The Bertz CT molecular complexity index is 1570. The van der Waals surface area contributed by atoms with Gasteiger partial charge in [-0.15, -0.1) is 0 Å². The number of hydrogen-bond acceptors (Lipinski definition) is 5. The molecule has 4 aromatic rings. The zero-order valence-corrected chi connectivity index (χ0v) is 22.1. The first-order valence-electron chi connectivity index (χ1n) is 12.5. The number of nitrogens with zero attached hydrogens (tertiary/aromatic N) is 4. The number of benzene rings is 3. The Morgan fingerprint density at radius 3 is 2.66 bits per heavy atom. The van der Waals surface area contributed by atoms with Crippen LogP contribution >= 0.6 is 0 Å². The molecule has 38 heavy (non-hydrogen) atoms. The van der Waals surface area contributed by atoms with Gasteiger partial charge in [-0.2, -0.15) is 5.26 Å². The standard InChI is InChI=1S/C30H31N5O3/c1-20-13-14-27(21(2)17-20)35-28(33-26-12-6-5-11-25(26)29(35)36)22(3)34(15-8-16-38-4)30(37)32-24-10-7-9-23(18-24)19-31/h5-7,9-14,17-18,22H,8,15-16H2,1-4H3,(H,32,37). The second-order valence-corrected chi connectivity index (χ2v) is 9.26. The van der Waals surface area contributed by atoms with Crippen molar-refractivity contribution >= 4 is 22.6 Å². The lowest BCUT2D eigenvalue weighted by molar-refractivity contribution is 0.159. The molecule has 1 aromatic heterocycles. The van der Waals surface area contributed by atoms with Crippen LogP contribution in [-0.4, -0.2) is 40.7 Å². The summed E-state index contributed by atoms with van der Waals surface area (Å²) in [6.07, 6.45) is 0.591. The number of rotatable bonds is 8. The number of ether oxygens (including phenoxy) is 1. The predicted molar refractivity (Wildman–Crippen MR) is 149 cm³/mol. The highest BCUT2D eigenvalue weighted by Gasteiger charge is 2.27. The summed E-state index contributed by atoms with van der Waals surface area (Å²) < 4.78 is 6.86. The summed E-state index contributed by atoms with van der Waals surface area (Å²) >= 11 is 0. The molecule has 0 saturated carbocycles. The van der Waals surface area contributed by atoms with E-state index in [1.807, 2.05) is 57.2 Å². The lowest BCUT2D eigenvalue weighted by Crippen LogP contribution is -2.40. The van der Waals surface area contributed by atoms with E-state index in [9.17, 15) is 14.9 Å². The lowest BCUT2D eigenvalue weighted by atomic mass is 10.1. The van der Waals surface area contributed by atoms with Gasteiger partial charge in [0.1, 0.15) is 5.82 Å². The molecule has 2 amide bonds. The Morgan fingerprint density at radius 1 is 1.13 bits per heavy atom. The first-order valence-corrected chi connectivity index (χ1v) is 12.5.